The highest BCUT2D eigenvalue weighted by atomic mass is 35.5. The third-order valence-corrected chi connectivity index (χ3v) is 4.81. The lowest BCUT2D eigenvalue weighted by Crippen LogP contribution is -2.10. The number of hydrogen-bond acceptors (Lipinski definition) is 5. The molecule has 0 radical (unpaired) electrons. The SMILES string of the molecule is N#CC(=Cc1ccccc1)C(=O)Oc1ccc2c(=O)c(-c3ccc(Cl)cc3)coc2c1. The smallest absolute Gasteiger partial charge is 0.354 e. The molecule has 0 aliphatic rings. The maximum absolute atomic E-state index is 12.9. The zero-order valence-corrected chi connectivity index (χ0v) is 16.8. The number of benzene rings is 3. The fourth-order valence-corrected chi connectivity index (χ4v) is 3.14. The minimum absolute atomic E-state index is 0.147. The maximum Gasteiger partial charge on any atom is 0.354 e. The van der Waals surface area contributed by atoms with Gasteiger partial charge in [-0.05, 0) is 41.5 Å². The Morgan fingerprint density at radius 3 is 2.48 bits per heavy atom. The van der Waals surface area contributed by atoms with Gasteiger partial charge in [0.25, 0.3) is 0 Å². The van der Waals surface area contributed by atoms with Gasteiger partial charge in [-0.15, -0.1) is 0 Å². The Morgan fingerprint density at radius 1 is 1.03 bits per heavy atom. The molecule has 0 N–H and O–H groups in total. The van der Waals surface area contributed by atoms with Gasteiger partial charge in [-0.3, -0.25) is 4.79 Å². The van der Waals surface area contributed by atoms with E-state index in [1.54, 1.807) is 48.5 Å². The summed E-state index contributed by atoms with van der Waals surface area (Å²) in [6, 6.07) is 22.1. The number of esters is 1. The largest absolute Gasteiger partial charge is 0.463 e. The second-order valence-corrected chi connectivity index (χ2v) is 7.05. The van der Waals surface area contributed by atoms with Crippen molar-refractivity contribution in [1.82, 2.24) is 0 Å². The van der Waals surface area contributed by atoms with Gasteiger partial charge in [0.2, 0.25) is 0 Å². The van der Waals surface area contributed by atoms with Crippen molar-refractivity contribution in [1.29, 1.82) is 5.26 Å². The van der Waals surface area contributed by atoms with Crippen molar-refractivity contribution in [3.05, 3.63) is 105 Å². The summed E-state index contributed by atoms with van der Waals surface area (Å²) in [5, 5.41) is 10.2. The molecule has 1 aromatic heterocycles. The Balaban J connectivity index is 1.62. The van der Waals surface area contributed by atoms with E-state index in [0.29, 0.717) is 27.1 Å². The molecule has 1 heterocycles. The van der Waals surface area contributed by atoms with Crippen LogP contribution in [0.2, 0.25) is 5.02 Å². The van der Waals surface area contributed by atoms with Crippen LogP contribution < -0.4 is 10.2 Å². The van der Waals surface area contributed by atoms with Gasteiger partial charge >= 0.3 is 5.97 Å². The molecule has 0 saturated carbocycles. The van der Waals surface area contributed by atoms with E-state index in [1.165, 1.54) is 30.5 Å². The van der Waals surface area contributed by atoms with Crippen LogP contribution in [0.5, 0.6) is 5.75 Å². The molecule has 4 aromatic rings. The van der Waals surface area contributed by atoms with Gasteiger partial charge in [0, 0.05) is 11.1 Å². The monoisotopic (exact) mass is 427 g/mol. The quantitative estimate of drug-likeness (QED) is 0.182. The standard InChI is InChI=1S/C25H14ClNO4/c26-19-8-6-17(7-9-19)22-15-30-23-13-20(10-11-21(23)24(22)28)31-25(29)18(14-27)12-16-4-2-1-3-5-16/h1-13,15H. The third kappa shape index (κ3) is 4.40. The van der Waals surface area contributed by atoms with Crippen molar-refractivity contribution in [2.24, 2.45) is 0 Å². The fraction of sp³-hybridized carbons (Fsp3) is 0. The van der Waals surface area contributed by atoms with Gasteiger partial charge < -0.3 is 9.15 Å². The maximum atomic E-state index is 12.9. The molecule has 0 bridgehead atoms. The van der Waals surface area contributed by atoms with E-state index in [9.17, 15) is 14.9 Å². The highest BCUT2D eigenvalue weighted by molar-refractivity contribution is 6.30. The molecule has 5 nitrogen and oxygen atoms in total. The van der Waals surface area contributed by atoms with Gasteiger partial charge in [-0.2, -0.15) is 5.26 Å². The number of fused-ring (bicyclic) bond motifs is 1. The molecule has 150 valence electrons. The highest BCUT2D eigenvalue weighted by Gasteiger charge is 2.14. The van der Waals surface area contributed by atoms with E-state index in [4.69, 9.17) is 20.8 Å². The van der Waals surface area contributed by atoms with E-state index in [0.717, 1.165) is 0 Å². The summed E-state index contributed by atoms with van der Waals surface area (Å²) < 4.78 is 10.9. The molecule has 0 aliphatic heterocycles. The highest BCUT2D eigenvalue weighted by Crippen LogP contribution is 2.24. The summed E-state index contributed by atoms with van der Waals surface area (Å²) in [7, 11) is 0. The Bertz CT molecular complexity index is 1400. The Kier molecular flexibility index (Phi) is 5.65. The van der Waals surface area contributed by atoms with Gasteiger partial charge in [0.15, 0.2) is 5.43 Å². The van der Waals surface area contributed by atoms with Gasteiger partial charge in [0.1, 0.15) is 29.2 Å². The number of carbonyl (C=O) groups excluding carboxylic acids is 1. The van der Waals surface area contributed by atoms with Gasteiger partial charge in [-0.25, -0.2) is 4.79 Å². The van der Waals surface area contributed by atoms with E-state index in [2.05, 4.69) is 0 Å². The predicted molar refractivity (Wildman–Crippen MR) is 119 cm³/mol. The lowest BCUT2D eigenvalue weighted by Gasteiger charge is -2.06. The van der Waals surface area contributed by atoms with Crippen LogP contribution in [0.4, 0.5) is 0 Å². The van der Waals surface area contributed by atoms with Crippen LogP contribution in [0, 0.1) is 11.3 Å². The Labute approximate surface area is 182 Å². The van der Waals surface area contributed by atoms with Crippen molar-refractivity contribution in [2.45, 2.75) is 0 Å². The average molecular weight is 428 g/mol. The fourth-order valence-electron chi connectivity index (χ4n) is 3.02. The van der Waals surface area contributed by atoms with Gasteiger partial charge in [0.05, 0.1) is 10.9 Å². The first-order valence-electron chi connectivity index (χ1n) is 9.26. The zero-order chi connectivity index (χ0) is 21.8. The van der Waals surface area contributed by atoms with Crippen LogP contribution in [0.1, 0.15) is 5.56 Å². The molecule has 0 amide bonds. The van der Waals surface area contributed by atoms with Crippen LogP contribution >= 0.6 is 11.6 Å². The molecular formula is C25H14ClNO4. The molecule has 0 unspecified atom stereocenters. The van der Waals surface area contributed by atoms with Crippen LogP contribution in [0.15, 0.2) is 93.8 Å². The summed E-state index contributed by atoms with van der Waals surface area (Å²) in [4.78, 5) is 25.3. The second kappa shape index (κ2) is 8.70. The Morgan fingerprint density at radius 2 is 1.77 bits per heavy atom. The van der Waals surface area contributed by atoms with Crippen LogP contribution in [0.3, 0.4) is 0 Å². The van der Waals surface area contributed by atoms with Crippen molar-refractivity contribution in [3.8, 4) is 22.9 Å². The van der Waals surface area contributed by atoms with Crippen molar-refractivity contribution in [3.63, 3.8) is 0 Å². The van der Waals surface area contributed by atoms with Gasteiger partial charge in [-0.1, -0.05) is 54.1 Å². The molecule has 0 saturated heterocycles. The first-order chi connectivity index (χ1) is 15.0. The number of nitrogens with zero attached hydrogens (tertiary/aromatic N) is 1. The topological polar surface area (TPSA) is 80.3 Å². The Hall–Kier alpha value is -4.14. The summed E-state index contributed by atoms with van der Waals surface area (Å²) in [6.07, 6.45) is 2.80. The minimum atomic E-state index is -0.800. The molecule has 0 spiro atoms. The number of halogens is 1. The molecule has 31 heavy (non-hydrogen) atoms. The number of ether oxygens (including phenoxy) is 1. The van der Waals surface area contributed by atoms with E-state index >= 15 is 0 Å². The summed E-state index contributed by atoms with van der Waals surface area (Å²) in [5.41, 5.74) is 1.68. The van der Waals surface area contributed by atoms with Crippen molar-refractivity contribution in [2.75, 3.05) is 0 Å². The van der Waals surface area contributed by atoms with Crippen molar-refractivity contribution >= 4 is 34.6 Å². The number of hydrogen-bond donors (Lipinski definition) is 0. The predicted octanol–water partition coefficient (Wildman–Crippen LogP) is 5.63. The second-order valence-electron chi connectivity index (χ2n) is 6.61. The summed E-state index contributed by atoms with van der Waals surface area (Å²) in [6.45, 7) is 0. The molecule has 4 rings (SSSR count). The number of nitriles is 1. The number of carbonyl (C=O) groups is 1. The molecule has 6 heteroatoms. The van der Waals surface area contributed by atoms with E-state index in [1.807, 2.05) is 12.1 Å². The minimum Gasteiger partial charge on any atom is -0.463 e. The van der Waals surface area contributed by atoms with Crippen molar-refractivity contribution < 1.29 is 13.9 Å². The summed E-state index contributed by atoms with van der Waals surface area (Å²) in [5.74, 6) is -0.639. The first kappa shape index (κ1) is 20.1. The molecule has 0 atom stereocenters. The first-order valence-corrected chi connectivity index (χ1v) is 9.63. The lowest BCUT2D eigenvalue weighted by molar-refractivity contribution is -0.129. The van der Waals surface area contributed by atoms with E-state index < -0.39 is 5.97 Å². The third-order valence-electron chi connectivity index (χ3n) is 4.56. The van der Waals surface area contributed by atoms with Crippen LogP contribution in [-0.2, 0) is 4.79 Å². The normalized spacial score (nSPS) is 11.2. The van der Waals surface area contributed by atoms with Crippen LogP contribution in [-0.4, -0.2) is 5.97 Å². The van der Waals surface area contributed by atoms with E-state index in [-0.39, 0.29) is 22.3 Å². The molecule has 3 aromatic carbocycles. The molecular weight excluding hydrogens is 414 g/mol. The summed E-state index contributed by atoms with van der Waals surface area (Å²) >= 11 is 5.90. The zero-order valence-electron chi connectivity index (χ0n) is 16.0. The lowest BCUT2D eigenvalue weighted by atomic mass is 10.1. The molecule has 0 fully saturated rings. The van der Waals surface area contributed by atoms with Crippen LogP contribution in [0.25, 0.3) is 28.2 Å². The molecule has 0 aliphatic carbocycles. The average Bonchev–Trinajstić information content (AvgIpc) is 2.79. The number of rotatable bonds is 4.